The molecular weight excluding hydrogens is 407 g/mol. The van der Waals surface area contributed by atoms with E-state index < -0.39 is 0 Å². The lowest BCUT2D eigenvalue weighted by Gasteiger charge is -2.36. The van der Waals surface area contributed by atoms with Crippen molar-refractivity contribution in [1.82, 2.24) is 20.4 Å². The molecule has 0 spiro atoms. The number of ether oxygens (including phenoxy) is 1. The molecule has 7 heteroatoms. The monoisotopic (exact) mass is 438 g/mol. The van der Waals surface area contributed by atoms with Gasteiger partial charge in [0.1, 0.15) is 17.2 Å². The number of hydrogen-bond acceptors (Lipinski definition) is 5. The van der Waals surface area contributed by atoms with E-state index in [9.17, 15) is 9.50 Å². The minimum atomic E-state index is -0.283. The minimum Gasteiger partial charge on any atom is -0.496 e. The second kappa shape index (κ2) is 9.17. The Morgan fingerprint density at radius 2 is 1.84 bits per heavy atom. The number of aliphatic hydroxyl groups is 1. The van der Waals surface area contributed by atoms with E-state index in [0.29, 0.717) is 17.7 Å². The number of piperidine rings is 1. The first-order valence-electron chi connectivity index (χ1n) is 11.6. The van der Waals surface area contributed by atoms with Crippen molar-refractivity contribution in [2.45, 2.75) is 56.6 Å². The summed E-state index contributed by atoms with van der Waals surface area (Å²) in [5.41, 5.74) is 7.35. The summed E-state index contributed by atoms with van der Waals surface area (Å²) in [6.07, 6.45) is 7.65. The van der Waals surface area contributed by atoms with Crippen LogP contribution in [0, 0.1) is 5.82 Å². The van der Waals surface area contributed by atoms with Gasteiger partial charge in [-0.1, -0.05) is 0 Å². The Balaban J connectivity index is 1.31. The second-order valence-corrected chi connectivity index (χ2v) is 9.09. The minimum absolute atomic E-state index is 0.119. The van der Waals surface area contributed by atoms with Gasteiger partial charge in [0, 0.05) is 47.9 Å². The number of hydrogen-bond donors (Lipinski definition) is 3. The molecule has 32 heavy (non-hydrogen) atoms. The van der Waals surface area contributed by atoms with Gasteiger partial charge in [-0.3, -0.25) is 5.43 Å². The summed E-state index contributed by atoms with van der Waals surface area (Å²) >= 11 is 0. The fourth-order valence-electron chi connectivity index (χ4n) is 5.18. The number of aliphatic hydroxyl groups excluding tert-OH is 1. The summed E-state index contributed by atoms with van der Waals surface area (Å²) in [6.45, 7) is 1.99. The maximum Gasteiger partial charge on any atom is 0.138 e. The van der Waals surface area contributed by atoms with E-state index in [0.717, 1.165) is 73.8 Å². The SMILES string of the molecule is COc1ccc(F)cc1-c1ccnc2[nH]c(C3CCN(NC4CCC(O)CC4)CC3)cc12. The number of hydrazine groups is 1. The number of rotatable bonds is 5. The molecule has 170 valence electrons. The lowest BCUT2D eigenvalue weighted by atomic mass is 9.92. The molecule has 1 saturated heterocycles. The van der Waals surface area contributed by atoms with Crippen LogP contribution in [0.4, 0.5) is 4.39 Å². The lowest BCUT2D eigenvalue weighted by Crippen LogP contribution is -2.49. The lowest BCUT2D eigenvalue weighted by molar-refractivity contribution is 0.0690. The zero-order chi connectivity index (χ0) is 22.1. The van der Waals surface area contributed by atoms with Crippen molar-refractivity contribution < 1.29 is 14.2 Å². The number of methoxy groups -OCH3 is 1. The number of halogens is 1. The molecule has 0 atom stereocenters. The Kier molecular flexibility index (Phi) is 6.13. The van der Waals surface area contributed by atoms with Crippen LogP contribution in [-0.2, 0) is 0 Å². The maximum absolute atomic E-state index is 14.0. The summed E-state index contributed by atoms with van der Waals surface area (Å²) in [5, 5.41) is 13.1. The van der Waals surface area contributed by atoms with Gasteiger partial charge in [0.05, 0.1) is 13.2 Å². The molecule has 6 nitrogen and oxygen atoms in total. The second-order valence-electron chi connectivity index (χ2n) is 9.09. The molecule has 0 amide bonds. The molecule has 1 aliphatic carbocycles. The van der Waals surface area contributed by atoms with Crippen molar-refractivity contribution in [3.8, 4) is 16.9 Å². The predicted molar refractivity (Wildman–Crippen MR) is 123 cm³/mol. The average molecular weight is 439 g/mol. The van der Waals surface area contributed by atoms with Crippen molar-refractivity contribution in [3.63, 3.8) is 0 Å². The van der Waals surface area contributed by atoms with Crippen molar-refractivity contribution in [1.29, 1.82) is 0 Å². The van der Waals surface area contributed by atoms with Gasteiger partial charge in [-0.05, 0) is 74.4 Å². The molecule has 3 N–H and O–H groups in total. The van der Waals surface area contributed by atoms with E-state index in [1.165, 1.54) is 17.8 Å². The molecule has 2 aromatic heterocycles. The quantitative estimate of drug-likeness (QED) is 0.552. The van der Waals surface area contributed by atoms with Crippen LogP contribution < -0.4 is 10.2 Å². The fourth-order valence-corrected chi connectivity index (χ4v) is 5.18. The summed E-state index contributed by atoms with van der Waals surface area (Å²) in [7, 11) is 1.61. The van der Waals surface area contributed by atoms with Crippen LogP contribution in [0.5, 0.6) is 5.75 Å². The molecule has 1 aromatic carbocycles. The van der Waals surface area contributed by atoms with Gasteiger partial charge in [0.2, 0.25) is 0 Å². The molecule has 0 unspecified atom stereocenters. The Bertz CT molecular complexity index is 1070. The smallest absolute Gasteiger partial charge is 0.138 e. The highest BCUT2D eigenvalue weighted by atomic mass is 19.1. The van der Waals surface area contributed by atoms with Gasteiger partial charge in [0.15, 0.2) is 0 Å². The molecule has 2 fully saturated rings. The standard InChI is InChI=1S/C25H31FN4O2/c1-32-24-7-2-17(26)14-21(24)20-8-11-27-25-22(20)15-23(28-25)16-9-12-30(13-10-16)29-18-3-5-19(31)6-4-18/h2,7-8,11,14-16,18-19,29,31H,3-6,9-10,12-13H2,1H3,(H,27,28). The third-order valence-corrected chi connectivity index (χ3v) is 7.00. The molecule has 5 rings (SSSR count). The molecule has 0 radical (unpaired) electrons. The number of aromatic amines is 1. The van der Waals surface area contributed by atoms with Gasteiger partial charge < -0.3 is 14.8 Å². The number of H-pyrrole nitrogens is 1. The summed E-state index contributed by atoms with van der Waals surface area (Å²) in [6, 6.07) is 9.19. The van der Waals surface area contributed by atoms with Crippen LogP contribution in [0.2, 0.25) is 0 Å². The average Bonchev–Trinajstić information content (AvgIpc) is 3.25. The number of aromatic nitrogens is 2. The number of fused-ring (bicyclic) bond motifs is 1. The third-order valence-electron chi connectivity index (χ3n) is 7.00. The highest BCUT2D eigenvalue weighted by Gasteiger charge is 2.26. The van der Waals surface area contributed by atoms with Crippen LogP contribution in [0.25, 0.3) is 22.2 Å². The largest absolute Gasteiger partial charge is 0.496 e. The maximum atomic E-state index is 14.0. The molecule has 0 bridgehead atoms. The highest BCUT2D eigenvalue weighted by Crippen LogP contribution is 2.37. The van der Waals surface area contributed by atoms with Gasteiger partial charge in [-0.25, -0.2) is 14.4 Å². The number of nitrogens with zero attached hydrogens (tertiary/aromatic N) is 2. The summed E-state index contributed by atoms with van der Waals surface area (Å²) in [5.74, 6) is 0.808. The van der Waals surface area contributed by atoms with Gasteiger partial charge in [-0.15, -0.1) is 0 Å². The normalized spacial score (nSPS) is 23.0. The van der Waals surface area contributed by atoms with Crippen LogP contribution in [0.3, 0.4) is 0 Å². The fraction of sp³-hybridized carbons (Fsp3) is 0.480. The van der Waals surface area contributed by atoms with Crippen LogP contribution in [-0.4, -0.2) is 52.4 Å². The molecule has 1 aliphatic heterocycles. The van der Waals surface area contributed by atoms with E-state index in [1.807, 2.05) is 6.07 Å². The van der Waals surface area contributed by atoms with E-state index in [2.05, 4.69) is 26.5 Å². The third kappa shape index (κ3) is 4.37. The topological polar surface area (TPSA) is 73.4 Å². The van der Waals surface area contributed by atoms with Crippen molar-refractivity contribution >= 4 is 11.0 Å². The number of nitrogens with one attached hydrogen (secondary N) is 2. The van der Waals surface area contributed by atoms with Gasteiger partial charge >= 0.3 is 0 Å². The van der Waals surface area contributed by atoms with Crippen LogP contribution in [0.1, 0.15) is 50.1 Å². The Morgan fingerprint density at radius 1 is 1.06 bits per heavy atom. The molecule has 2 aliphatic rings. The summed E-state index contributed by atoms with van der Waals surface area (Å²) in [4.78, 5) is 8.04. The summed E-state index contributed by atoms with van der Waals surface area (Å²) < 4.78 is 19.5. The number of pyridine rings is 1. The van der Waals surface area contributed by atoms with Crippen molar-refractivity contribution in [3.05, 3.63) is 48.0 Å². The Hall–Kier alpha value is -2.48. The van der Waals surface area contributed by atoms with Crippen molar-refractivity contribution in [2.75, 3.05) is 20.2 Å². The van der Waals surface area contributed by atoms with E-state index in [1.54, 1.807) is 19.4 Å². The zero-order valence-electron chi connectivity index (χ0n) is 18.5. The molecule has 1 saturated carbocycles. The predicted octanol–water partition coefficient (Wildman–Crippen LogP) is 4.37. The number of benzene rings is 1. The van der Waals surface area contributed by atoms with Gasteiger partial charge in [-0.2, -0.15) is 0 Å². The Labute approximate surface area is 187 Å². The highest BCUT2D eigenvalue weighted by molar-refractivity contribution is 5.95. The molecular formula is C25H31FN4O2. The van der Waals surface area contributed by atoms with E-state index >= 15 is 0 Å². The first-order chi connectivity index (χ1) is 15.6. The van der Waals surface area contributed by atoms with Gasteiger partial charge in [0.25, 0.3) is 0 Å². The van der Waals surface area contributed by atoms with Crippen LogP contribution >= 0.6 is 0 Å². The Morgan fingerprint density at radius 3 is 2.59 bits per heavy atom. The van der Waals surface area contributed by atoms with Crippen LogP contribution in [0.15, 0.2) is 36.5 Å². The first-order valence-corrected chi connectivity index (χ1v) is 11.6. The van der Waals surface area contributed by atoms with E-state index in [-0.39, 0.29) is 11.9 Å². The first kappa shape index (κ1) is 21.4. The zero-order valence-corrected chi connectivity index (χ0v) is 18.5. The molecule has 3 heterocycles. The van der Waals surface area contributed by atoms with E-state index in [4.69, 9.17) is 4.74 Å². The van der Waals surface area contributed by atoms with Crippen molar-refractivity contribution in [2.24, 2.45) is 0 Å². The molecule has 3 aromatic rings.